The van der Waals surface area contributed by atoms with Gasteiger partial charge in [0.25, 0.3) is 0 Å². The van der Waals surface area contributed by atoms with Gasteiger partial charge in [0, 0.05) is 24.4 Å². The van der Waals surface area contributed by atoms with Gasteiger partial charge in [-0.05, 0) is 25.7 Å². The summed E-state index contributed by atoms with van der Waals surface area (Å²) in [5.41, 5.74) is 0. The molecule has 0 spiro atoms. The zero-order valence-corrected chi connectivity index (χ0v) is 22.0. The molecule has 31 heavy (non-hydrogen) atoms. The Balaban J connectivity index is 2.30. The van der Waals surface area contributed by atoms with E-state index in [1.807, 2.05) is 6.20 Å². The molecule has 1 rings (SSSR count). The third-order valence-electron chi connectivity index (χ3n) is 7.15. The summed E-state index contributed by atoms with van der Waals surface area (Å²) in [7, 11) is 0. The molecule has 182 valence electrons. The van der Waals surface area contributed by atoms with E-state index in [0.717, 1.165) is 0 Å². The van der Waals surface area contributed by atoms with E-state index in [4.69, 9.17) is 4.98 Å². The summed E-state index contributed by atoms with van der Waals surface area (Å²) in [5, 5.41) is 0. The Morgan fingerprint density at radius 1 is 0.645 bits per heavy atom. The average Bonchev–Trinajstić information content (AvgIpc) is 3.23. The molecular weight excluding hydrogens is 376 g/mol. The Bertz CT molecular complexity index is 505. The number of hydrogen-bond donors (Lipinski definition) is 0. The van der Waals surface area contributed by atoms with Crippen molar-refractivity contribution in [2.45, 2.75) is 162 Å². The second-order valence-electron chi connectivity index (χ2n) is 10.4. The number of imidazole rings is 1. The van der Waals surface area contributed by atoms with E-state index in [1.54, 1.807) is 0 Å². The fraction of sp³-hybridized carbons (Fsp3) is 0.897. The first-order valence-electron chi connectivity index (χ1n) is 14.1. The van der Waals surface area contributed by atoms with E-state index in [0.29, 0.717) is 17.9 Å². The average molecular weight is 433 g/mol. The number of nitrogens with zero attached hydrogens (tertiary/aromatic N) is 2. The number of hydrogen-bond acceptors (Lipinski definition) is 1. The van der Waals surface area contributed by atoms with Gasteiger partial charge in [-0.2, -0.15) is 0 Å². The standard InChI is InChI=1S/C29H56N2/c1-6-8-10-12-13-14-15-16-17-19-21-23-28(26(3)4)29-30-24-25-31(29)27(5)22-20-18-11-9-7-2/h24-28H,6-23H2,1-5H3. The maximum atomic E-state index is 4.85. The van der Waals surface area contributed by atoms with Crippen LogP contribution >= 0.6 is 0 Å². The molecule has 0 aliphatic heterocycles. The molecule has 1 aromatic rings. The molecular formula is C29H56N2. The van der Waals surface area contributed by atoms with Gasteiger partial charge in [-0.3, -0.25) is 0 Å². The second-order valence-corrected chi connectivity index (χ2v) is 10.4. The van der Waals surface area contributed by atoms with Crippen molar-refractivity contribution in [2.75, 3.05) is 0 Å². The lowest BCUT2D eigenvalue weighted by atomic mass is 9.89. The number of aromatic nitrogens is 2. The molecule has 2 unspecified atom stereocenters. The Labute approximate surface area is 196 Å². The SMILES string of the molecule is CCCCCCCCCCCCCC(c1nccn1C(C)CCCCCCC)C(C)C. The molecule has 2 heteroatoms. The summed E-state index contributed by atoms with van der Waals surface area (Å²) in [4.78, 5) is 4.85. The zero-order chi connectivity index (χ0) is 22.7. The first-order valence-corrected chi connectivity index (χ1v) is 14.1. The highest BCUT2D eigenvalue weighted by molar-refractivity contribution is 5.03. The Hall–Kier alpha value is -0.790. The summed E-state index contributed by atoms with van der Waals surface area (Å²) < 4.78 is 2.50. The van der Waals surface area contributed by atoms with Crippen molar-refractivity contribution in [2.24, 2.45) is 5.92 Å². The predicted octanol–water partition coefficient (Wildman–Crippen LogP) is 10.2. The lowest BCUT2D eigenvalue weighted by molar-refractivity contribution is 0.382. The van der Waals surface area contributed by atoms with Crippen LogP contribution in [0.2, 0.25) is 0 Å². The smallest absolute Gasteiger partial charge is 0.112 e. The molecule has 0 N–H and O–H groups in total. The number of rotatable bonds is 21. The van der Waals surface area contributed by atoms with Crippen molar-refractivity contribution in [1.29, 1.82) is 0 Å². The highest BCUT2D eigenvalue weighted by atomic mass is 15.1. The quantitative estimate of drug-likeness (QED) is 0.177. The fourth-order valence-electron chi connectivity index (χ4n) is 4.96. The maximum absolute atomic E-state index is 4.85. The molecule has 2 nitrogen and oxygen atoms in total. The van der Waals surface area contributed by atoms with Crippen LogP contribution in [-0.2, 0) is 0 Å². The highest BCUT2D eigenvalue weighted by Gasteiger charge is 2.22. The van der Waals surface area contributed by atoms with Crippen LogP contribution in [0, 0.1) is 5.92 Å². The van der Waals surface area contributed by atoms with Gasteiger partial charge in [-0.1, -0.05) is 130 Å². The minimum absolute atomic E-state index is 0.581. The zero-order valence-electron chi connectivity index (χ0n) is 22.0. The van der Waals surface area contributed by atoms with Gasteiger partial charge in [0.05, 0.1) is 0 Å². The second kappa shape index (κ2) is 18.8. The van der Waals surface area contributed by atoms with Crippen LogP contribution in [0.3, 0.4) is 0 Å². The molecule has 0 aliphatic rings. The summed E-state index contributed by atoms with van der Waals surface area (Å²) in [6.45, 7) is 11.8. The van der Waals surface area contributed by atoms with Crippen LogP contribution in [0.15, 0.2) is 12.4 Å². The van der Waals surface area contributed by atoms with E-state index in [9.17, 15) is 0 Å². The molecule has 1 aromatic heterocycles. The van der Waals surface area contributed by atoms with Gasteiger partial charge in [-0.25, -0.2) is 4.98 Å². The molecule has 0 aromatic carbocycles. The highest BCUT2D eigenvalue weighted by Crippen LogP contribution is 2.31. The molecule has 0 amide bonds. The summed E-state index contributed by atoms with van der Waals surface area (Å²) in [6.07, 6.45) is 29.3. The minimum atomic E-state index is 0.581. The van der Waals surface area contributed by atoms with Crippen LogP contribution in [0.25, 0.3) is 0 Å². The van der Waals surface area contributed by atoms with Crippen molar-refractivity contribution in [3.63, 3.8) is 0 Å². The summed E-state index contributed by atoms with van der Waals surface area (Å²) in [5.74, 6) is 2.63. The molecule has 0 fully saturated rings. The van der Waals surface area contributed by atoms with Crippen molar-refractivity contribution in [1.82, 2.24) is 9.55 Å². The maximum Gasteiger partial charge on any atom is 0.112 e. The molecule has 1 heterocycles. The summed E-state index contributed by atoms with van der Waals surface area (Å²) in [6, 6.07) is 0.581. The first-order chi connectivity index (χ1) is 15.1. The van der Waals surface area contributed by atoms with Crippen LogP contribution in [0.1, 0.15) is 168 Å². The van der Waals surface area contributed by atoms with E-state index < -0.39 is 0 Å². The van der Waals surface area contributed by atoms with Crippen LogP contribution in [0.5, 0.6) is 0 Å². The third-order valence-corrected chi connectivity index (χ3v) is 7.15. The molecule has 0 radical (unpaired) electrons. The van der Waals surface area contributed by atoms with Crippen molar-refractivity contribution in [3.05, 3.63) is 18.2 Å². The predicted molar refractivity (Wildman–Crippen MR) is 139 cm³/mol. The lowest BCUT2D eigenvalue weighted by Crippen LogP contribution is -2.16. The Morgan fingerprint density at radius 2 is 1.10 bits per heavy atom. The van der Waals surface area contributed by atoms with Gasteiger partial charge in [0.2, 0.25) is 0 Å². The molecule has 0 aliphatic carbocycles. The fourth-order valence-corrected chi connectivity index (χ4v) is 4.96. The van der Waals surface area contributed by atoms with E-state index >= 15 is 0 Å². The van der Waals surface area contributed by atoms with Crippen LogP contribution in [0.4, 0.5) is 0 Å². The normalized spacial score (nSPS) is 13.7. The topological polar surface area (TPSA) is 17.8 Å². The largest absolute Gasteiger partial charge is 0.332 e. The van der Waals surface area contributed by atoms with E-state index in [-0.39, 0.29) is 0 Å². The molecule has 0 bridgehead atoms. The van der Waals surface area contributed by atoms with Gasteiger partial charge in [0.1, 0.15) is 5.82 Å². The molecule has 0 saturated heterocycles. The van der Waals surface area contributed by atoms with Gasteiger partial charge < -0.3 is 4.57 Å². The van der Waals surface area contributed by atoms with Gasteiger partial charge >= 0.3 is 0 Å². The third kappa shape index (κ3) is 12.7. The van der Waals surface area contributed by atoms with E-state index in [2.05, 4.69) is 45.4 Å². The molecule has 0 saturated carbocycles. The van der Waals surface area contributed by atoms with Gasteiger partial charge in [-0.15, -0.1) is 0 Å². The molecule has 2 atom stereocenters. The van der Waals surface area contributed by atoms with Crippen molar-refractivity contribution in [3.8, 4) is 0 Å². The number of unbranched alkanes of at least 4 members (excludes halogenated alkanes) is 14. The first kappa shape index (κ1) is 28.2. The van der Waals surface area contributed by atoms with E-state index in [1.165, 1.54) is 121 Å². The van der Waals surface area contributed by atoms with Crippen molar-refractivity contribution >= 4 is 0 Å². The van der Waals surface area contributed by atoms with Crippen molar-refractivity contribution < 1.29 is 0 Å². The monoisotopic (exact) mass is 432 g/mol. The minimum Gasteiger partial charge on any atom is -0.332 e. The summed E-state index contributed by atoms with van der Waals surface area (Å²) >= 11 is 0. The lowest BCUT2D eigenvalue weighted by Gasteiger charge is -2.25. The van der Waals surface area contributed by atoms with Gasteiger partial charge in [0.15, 0.2) is 0 Å². The Kier molecular flexibility index (Phi) is 17.1. The van der Waals surface area contributed by atoms with Crippen LogP contribution < -0.4 is 0 Å². The van der Waals surface area contributed by atoms with Crippen LogP contribution in [-0.4, -0.2) is 9.55 Å². The Morgan fingerprint density at radius 3 is 1.58 bits per heavy atom.